The molecule has 1 aliphatic rings. The summed E-state index contributed by atoms with van der Waals surface area (Å²) in [7, 11) is 0. The van der Waals surface area contributed by atoms with Crippen LogP contribution in [0.4, 0.5) is 5.69 Å². The first-order valence-electron chi connectivity index (χ1n) is 7.45. The minimum Gasteiger partial charge on any atom is -0.493 e. The summed E-state index contributed by atoms with van der Waals surface area (Å²) in [6.07, 6.45) is -0.126. The average Bonchev–Trinajstić information content (AvgIpc) is 2.46. The first kappa shape index (κ1) is 18.7. The number of rotatable bonds is 5. The zero-order valence-corrected chi connectivity index (χ0v) is 14.1. The van der Waals surface area contributed by atoms with Gasteiger partial charge in [-0.1, -0.05) is 19.9 Å². The van der Waals surface area contributed by atoms with Crippen molar-refractivity contribution in [3.8, 4) is 5.75 Å². The topological polar surface area (TPSA) is 59.6 Å². The molecule has 6 heteroatoms. The van der Waals surface area contributed by atoms with Gasteiger partial charge in [0.1, 0.15) is 11.8 Å². The zero-order chi connectivity index (χ0) is 15.2. The van der Waals surface area contributed by atoms with E-state index in [2.05, 4.69) is 24.5 Å². The molecular weight excluding hydrogens is 304 g/mol. The van der Waals surface area contributed by atoms with Crippen molar-refractivity contribution in [3.05, 3.63) is 24.3 Å². The van der Waals surface area contributed by atoms with Crippen LogP contribution in [0.2, 0.25) is 0 Å². The fourth-order valence-corrected chi connectivity index (χ4v) is 2.17. The molecule has 2 atom stereocenters. The lowest BCUT2D eigenvalue weighted by Crippen LogP contribution is -2.53. The Morgan fingerprint density at radius 2 is 2.27 bits per heavy atom. The van der Waals surface area contributed by atoms with Gasteiger partial charge in [-0.25, -0.2) is 0 Å². The minimum atomic E-state index is -0.320. The Balaban J connectivity index is 0.00000242. The van der Waals surface area contributed by atoms with Gasteiger partial charge in [0.2, 0.25) is 5.91 Å². The minimum absolute atomic E-state index is 0. The van der Waals surface area contributed by atoms with Crippen LogP contribution in [-0.4, -0.2) is 37.8 Å². The molecule has 1 heterocycles. The summed E-state index contributed by atoms with van der Waals surface area (Å²) in [6, 6.07) is 7.14. The van der Waals surface area contributed by atoms with E-state index >= 15 is 0 Å². The number of amides is 1. The second kappa shape index (κ2) is 8.98. The Hall–Kier alpha value is -1.30. The Morgan fingerprint density at radius 3 is 2.95 bits per heavy atom. The molecule has 22 heavy (non-hydrogen) atoms. The van der Waals surface area contributed by atoms with Crippen LogP contribution in [0.5, 0.6) is 5.75 Å². The lowest BCUT2D eigenvalue weighted by atomic mass is 10.1. The van der Waals surface area contributed by atoms with Gasteiger partial charge in [0.25, 0.3) is 0 Å². The van der Waals surface area contributed by atoms with Gasteiger partial charge in [0.05, 0.1) is 19.3 Å². The van der Waals surface area contributed by atoms with Crippen molar-refractivity contribution < 1.29 is 14.3 Å². The highest BCUT2D eigenvalue weighted by Crippen LogP contribution is 2.18. The van der Waals surface area contributed by atoms with Crippen LogP contribution in [-0.2, 0) is 9.53 Å². The summed E-state index contributed by atoms with van der Waals surface area (Å²) in [5.74, 6) is 1.15. The smallest absolute Gasteiger partial charge is 0.244 e. The molecule has 2 rings (SSSR count). The van der Waals surface area contributed by atoms with Gasteiger partial charge in [-0.2, -0.15) is 0 Å². The number of morpholine rings is 1. The predicted octanol–water partition coefficient (Wildman–Crippen LogP) is 2.46. The number of ether oxygens (including phenoxy) is 2. The Labute approximate surface area is 138 Å². The van der Waals surface area contributed by atoms with Crippen LogP contribution < -0.4 is 15.4 Å². The average molecular weight is 329 g/mol. The summed E-state index contributed by atoms with van der Waals surface area (Å²) >= 11 is 0. The zero-order valence-electron chi connectivity index (χ0n) is 13.3. The van der Waals surface area contributed by atoms with Crippen LogP contribution in [0.15, 0.2) is 24.3 Å². The monoisotopic (exact) mass is 328 g/mol. The van der Waals surface area contributed by atoms with E-state index in [1.54, 1.807) is 0 Å². The third-order valence-electron chi connectivity index (χ3n) is 3.28. The highest BCUT2D eigenvalue weighted by atomic mass is 35.5. The van der Waals surface area contributed by atoms with Crippen molar-refractivity contribution in [1.29, 1.82) is 0 Å². The third kappa shape index (κ3) is 5.48. The second-order valence-corrected chi connectivity index (χ2v) is 5.73. The van der Waals surface area contributed by atoms with Gasteiger partial charge in [0.15, 0.2) is 0 Å². The Morgan fingerprint density at radius 1 is 1.50 bits per heavy atom. The van der Waals surface area contributed by atoms with Crippen molar-refractivity contribution >= 4 is 24.0 Å². The standard InChI is InChI=1S/C16H24N2O3.ClH/c1-11(2)10-21-14-6-4-5-13(9-14)18-16(19)15-12(3)20-8-7-17-15;/h4-6,9,11-12,15,17H,7-8,10H2,1-3H3,(H,18,19);1H/t12-,15+;/m1./s1. The van der Waals surface area contributed by atoms with Gasteiger partial charge < -0.3 is 20.1 Å². The summed E-state index contributed by atoms with van der Waals surface area (Å²) in [5.41, 5.74) is 0.737. The summed E-state index contributed by atoms with van der Waals surface area (Å²) in [4.78, 5) is 12.3. The molecule has 2 N–H and O–H groups in total. The number of nitrogens with one attached hydrogen (secondary N) is 2. The van der Waals surface area contributed by atoms with Crippen molar-refractivity contribution in [2.45, 2.75) is 32.9 Å². The van der Waals surface area contributed by atoms with Crippen LogP contribution >= 0.6 is 12.4 Å². The van der Waals surface area contributed by atoms with E-state index in [1.807, 2.05) is 31.2 Å². The van der Waals surface area contributed by atoms with E-state index in [4.69, 9.17) is 9.47 Å². The summed E-state index contributed by atoms with van der Waals surface area (Å²) in [6.45, 7) is 8.10. The number of carbonyl (C=O) groups excluding carboxylic acids is 1. The van der Waals surface area contributed by atoms with E-state index in [9.17, 15) is 4.79 Å². The maximum absolute atomic E-state index is 12.3. The van der Waals surface area contributed by atoms with Crippen molar-refractivity contribution in [1.82, 2.24) is 5.32 Å². The van der Waals surface area contributed by atoms with Crippen LogP contribution in [0.1, 0.15) is 20.8 Å². The fraction of sp³-hybridized carbons (Fsp3) is 0.562. The highest BCUT2D eigenvalue weighted by Gasteiger charge is 2.28. The van der Waals surface area contributed by atoms with E-state index in [0.717, 1.165) is 11.4 Å². The van der Waals surface area contributed by atoms with Gasteiger partial charge in [-0.15, -0.1) is 12.4 Å². The van der Waals surface area contributed by atoms with Crippen LogP contribution in [0.25, 0.3) is 0 Å². The lowest BCUT2D eigenvalue weighted by Gasteiger charge is -2.29. The maximum atomic E-state index is 12.3. The predicted molar refractivity (Wildman–Crippen MR) is 89.9 cm³/mol. The number of hydrogen-bond donors (Lipinski definition) is 2. The van der Waals surface area contributed by atoms with Gasteiger partial charge in [0, 0.05) is 18.3 Å². The van der Waals surface area contributed by atoms with E-state index < -0.39 is 0 Å². The van der Waals surface area contributed by atoms with Gasteiger partial charge in [-0.05, 0) is 25.0 Å². The molecule has 0 saturated carbocycles. The summed E-state index contributed by atoms with van der Waals surface area (Å²) in [5, 5.41) is 6.08. The molecular formula is C16H25ClN2O3. The molecule has 1 fully saturated rings. The van der Waals surface area contributed by atoms with Crippen LogP contribution in [0, 0.1) is 5.92 Å². The molecule has 0 aromatic heterocycles. The SMILES string of the molecule is CC(C)COc1cccc(NC(=O)[C@H]2NCCO[C@@H]2C)c1.Cl. The number of carbonyl (C=O) groups is 1. The molecule has 1 aliphatic heterocycles. The first-order chi connectivity index (χ1) is 10.1. The lowest BCUT2D eigenvalue weighted by molar-refractivity contribution is -0.123. The van der Waals surface area contributed by atoms with Gasteiger partial charge >= 0.3 is 0 Å². The normalized spacial score (nSPS) is 21.1. The van der Waals surface area contributed by atoms with Crippen LogP contribution in [0.3, 0.4) is 0 Å². The molecule has 1 aromatic carbocycles. The Bertz CT molecular complexity index is 482. The molecule has 0 unspecified atom stereocenters. The molecule has 0 radical (unpaired) electrons. The number of anilines is 1. The highest BCUT2D eigenvalue weighted by molar-refractivity contribution is 5.95. The molecule has 1 amide bonds. The molecule has 0 aliphatic carbocycles. The van der Waals surface area contributed by atoms with E-state index in [1.165, 1.54) is 0 Å². The fourth-order valence-electron chi connectivity index (χ4n) is 2.17. The quantitative estimate of drug-likeness (QED) is 0.871. The number of halogens is 1. The number of hydrogen-bond acceptors (Lipinski definition) is 4. The molecule has 0 bridgehead atoms. The summed E-state index contributed by atoms with van der Waals surface area (Å²) < 4.78 is 11.2. The van der Waals surface area contributed by atoms with Gasteiger partial charge in [-0.3, -0.25) is 4.79 Å². The van der Waals surface area contributed by atoms with E-state index in [-0.39, 0.29) is 30.5 Å². The van der Waals surface area contributed by atoms with Crippen molar-refractivity contribution in [3.63, 3.8) is 0 Å². The first-order valence-corrected chi connectivity index (χ1v) is 7.45. The molecule has 1 aromatic rings. The third-order valence-corrected chi connectivity index (χ3v) is 3.28. The van der Waals surface area contributed by atoms with E-state index in [0.29, 0.717) is 25.7 Å². The Kier molecular flexibility index (Phi) is 7.65. The van der Waals surface area contributed by atoms with Crippen molar-refractivity contribution in [2.24, 2.45) is 5.92 Å². The largest absolute Gasteiger partial charge is 0.493 e. The van der Waals surface area contributed by atoms with Crippen molar-refractivity contribution in [2.75, 3.05) is 25.1 Å². The number of benzene rings is 1. The molecule has 1 saturated heterocycles. The second-order valence-electron chi connectivity index (χ2n) is 5.73. The molecule has 0 spiro atoms. The molecule has 124 valence electrons. The molecule has 5 nitrogen and oxygen atoms in total. The maximum Gasteiger partial charge on any atom is 0.244 e.